The highest BCUT2D eigenvalue weighted by Gasteiger charge is 2.17. The van der Waals surface area contributed by atoms with E-state index in [1.54, 1.807) is 12.1 Å². The lowest BCUT2D eigenvalue weighted by Gasteiger charge is -2.10. The summed E-state index contributed by atoms with van der Waals surface area (Å²) >= 11 is 0. The maximum absolute atomic E-state index is 13.6. The van der Waals surface area contributed by atoms with E-state index in [1.165, 1.54) is 25.3 Å². The minimum atomic E-state index is -3.89. The number of nitrogens with two attached hydrogens (primary N) is 1. The third-order valence-electron chi connectivity index (χ3n) is 2.97. The van der Waals surface area contributed by atoms with E-state index in [9.17, 15) is 12.8 Å². The van der Waals surface area contributed by atoms with Crippen molar-refractivity contribution in [1.29, 1.82) is 0 Å². The topological polar surface area (TPSA) is 81.4 Å². The Morgan fingerprint density at radius 3 is 2.48 bits per heavy atom. The lowest BCUT2D eigenvalue weighted by atomic mass is 10.2. The summed E-state index contributed by atoms with van der Waals surface area (Å²) in [7, 11) is -2.59. The Labute approximate surface area is 122 Å². The number of ether oxygens (including phenoxy) is 1. The number of rotatable bonds is 4. The average Bonchev–Trinajstić information content (AvgIpc) is 2.42. The molecule has 0 fully saturated rings. The summed E-state index contributed by atoms with van der Waals surface area (Å²) in [4.78, 5) is -0.194. The SMILES string of the molecule is COc1ccc(S(=O)(=O)Nc2ccc(C)c(N)c2)cc1F. The lowest BCUT2D eigenvalue weighted by Crippen LogP contribution is -2.13. The molecule has 21 heavy (non-hydrogen) atoms. The molecule has 0 unspecified atom stereocenters. The molecule has 0 radical (unpaired) electrons. The van der Waals surface area contributed by atoms with Crippen LogP contribution in [0.2, 0.25) is 0 Å². The Morgan fingerprint density at radius 1 is 1.19 bits per heavy atom. The van der Waals surface area contributed by atoms with Crippen LogP contribution >= 0.6 is 0 Å². The molecule has 5 nitrogen and oxygen atoms in total. The minimum absolute atomic E-state index is 0.0199. The molecule has 0 saturated heterocycles. The largest absolute Gasteiger partial charge is 0.494 e. The van der Waals surface area contributed by atoms with E-state index in [-0.39, 0.29) is 10.6 Å². The Hall–Kier alpha value is -2.28. The highest BCUT2D eigenvalue weighted by molar-refractivity contribution is 7.92. The summed E-state index contributed by atoms with van der Waals surface area (Å²) in [5.41, 5.74) is 7.35. The van der Waals surface area contributed by atoms with E-state index < -0.39 is 15.8 Å². The van der Waals surface area contributed by atoms with Crippen LogP contribution in [0.15, 0.2) is 41.3 Å². The monoisotopic (exact) mass is 310 g/mol. The summed E-state index contributed by atoms with van der Waals surface area (Å²) in [6.07, 6.45) is 0. The molecule has 0 aliphatic heterocycles. The predicted octanol–water partition coefficient (Wildman–Crippen LogP) is 2.53. The van der Waals surface area contributed by atoms with Gasteiger partial charge in [-0.25, -0.2) is 12.8 Å². The number of benzene rings is 2. The third-order valence-corrected chi connectivity index (χ3v) is 4.34. The molecule has 3 N–H and O–H groups in total. The quantitative estimate of drug-likeness (QED) is 0.850. The second kappa shape index (κ2) is 5.61. The van der Waals surface area contributed by atoms with E-state index in [2.05, 4.69) is 4.72 Å². The van der Waals surface area contributed by atoms with Crippen molar-refractivity contribution in [2.24, 2.45) is 0 Å². The molecular weight excluding hydrogens is 295 g/mol. The molecule has 0 spiro atoms. The number of sulfonamides is 1. The number of hydrogen-bond acceptors (Lipinski definition) is 4. The van der Waals surface area contributed by atoms with Gasteiger partial charge in [0, 0.05) is 5.69 Å². The van der Waals surface area contributed by atoms with Gasteiger partial charge in [0.05, 0.1) is 17.7 Å². The molecule has 2 aromatic carbocycles. The Bertz CT molecular complexity index is 776. The van der Waals surface area contributed by atoms with Gasteiger partial charge in [-0.15, -0.1) is 0 Å². The lowest BCUT2D eigenvalue weighted by molar-refractivity contribution is 0.385. The Kier molecular flexibility index (Phi) is 4.04. The van der Waals surface area contributed by atoms with E-state index >= 15 is 0 Å². The van der Waals surface area contributed by atoms with Gasteiger partial charge in [-0.05, 0) is 42.8 Å². The van der Waals surface area contributed by atoms with Crippen LogP contribution in [0.5, 0.6) is 5.75 Å². The minimum Gasteiger partial charge on any atom is -0.494 e. The number of aryl methyl sites for hydroxylation is 1. The molecule has 2 rings (SSSR count). The van der Waals surface area contributed by atoms with E-state index in [4.69, 9.17) is 10.5 Å². The molecule has 0 heterocycles. The summed E-state index contributed by atoms with van der Waals surface area (Å²) in [5, 5.41) is 0. The average molecular weight is 310 g/mol. The molecule has 0 aromatic heterocycles. The highest BCUT2D eigenvalue weighted by Crippen LogP contribution is 2.24. The van der Waals surface area contributed by atoms with Gasteiger partial charge in [-0.3, -0.25) is 4.72 Å². The normalized spacial score (nSPS) is 11.2. The van der Waals surface area contributed by atoms with Crippen molar-refractivity contribution in [1.82, 2.24) is 0 Å². The van der Waals surface area contributed by atoms with Crippen molar-refractivity contribution in [3.8, 4) is 5.75 Å². The van der Waals surface area contributed by atoms with Crippen molar-refractivity contribution in [3.63, 3.8) is 0 Å². The molecule has 0 amide bonds. The Balaban J connectivity index is 2.33. The number of nitrogens with one attached hydrogen (secondary N) is 1. The van der Waals surface area contributed by atoms with Gasteiger partial charge >= 0.3 is 0 Å². The standard InChI is InChI=1S/C14H15FN2O3S/c1-9-3-4-10(7-13(9)16)17-21(18,19)11-5-6-14(20-2)12(15)8-11/h3-8,17H,16H2,1-2H3. The van der Waals surface area contributed by atoms with Gasteiger partial charge in [0.15, 0.2) is 11.6 Å². The summed E-state index contributed by atoms with van der Waals surface area (Å²) in [5.74, 6) is -0.766. The van der Waals surface area contributed by atoms with E-state index in [0.29, 0.717) is 11.4 Å². The van der Waals surface area contributed by atoms with Crippen LogP contribution < -0.4 is 15.2 Å². The van der Waals surface area contributed by atoms with Crippen molar-refractivity contribution < 1.29 is 17.5 Å². The predicted molar refractivity (Wildman–Crippen MR) is 79.4 cm³/mol. The van der Waals surface area contributed by atoms with Crippen LogP contribution in [0.3, 0.4) is 0 Å². The molecule has 0 saturated carbocycles. The Morgan fingerprint density at radius 2 is 1.90 bits per heavy atom. The van der Waals surface area contributed by atoms with Crippen molar-refractivity contribution >= 4 is 21.4 Å². The summed E-state index contributed by atoms with van der Waals surface area (Å²) < 4.78 is 45.1. The third kappa shape index (κ3) is 3.25. The number of hydrogen-bond donors (Lipinski definition) is 2. The van der Waals surface area contributed by atoms with Crippen LogP contribution in [0.1, 0.15) is 5.56 Å². The maximum atomic E-state index is 13.6. The van der Waals surface area contributed by atoms with Crippen LogP contribution in [-0.4, -0.2) is 15.5 Å². The van der Waals surface area contributed by atoms with Gasteiger partial charge in [-0.2, -0.15) is 0 Å². The number of anilines is 2. The van der Waals surface area contributed by atoms with E-state index in [0.717, 1.165) is 11.6 Å². The molecule has 7 heteroatoms. The molecule has 0 aliphatic rings. The first-order chi connectivity index (χ1) is 9.83. The zero-order chi connectivity index (χ0) is 15.6. The fraction of sp³-hybridized carbons (Fsp3) is 0.143. The smallest absolute Gasteiger partial charge is 0.262 e. The van der Waals surface area contributed by atoms with Crippen LogP contribution in [0.4, 0.5) is 15.8 Å². The van der Waals surface area contributed by atoms with Gasteiger partial charge < -0.3 is 10.5 Å². The first-order valence-electron chi connectivity index (χ1n) is 6.06. The number of nitrogen functional groups attached to an aromatic ring is 1. The number of methoxy groups -OCH3 is 1. The fourth-order valence-corrected chi connectivity index (χ4v) is 2.79. The zero-order valence-corrected chi connectivity index (χ0v) is 12.4. The molecular formula is C14H15FN2O3S. The molecule has 112 valence electrons. The van der Waals surface area contributed by atoms with Crippen LogP contribution in [0.25, 0.3) is 0 Å². The zero-order valence-electron chi connectivity index (χ0n) is 11.6. The van der Waals surface area contributed by atoms with Gasteiger partial charge in [-0.1, -0.05) is 6.07 Å². The maximum Gasteiger partial charge on any atom is 0.262 e. The first kappa shape index (κ1) is 15.1. The van der Waals surface area contributed by atoms with Crippen molar-refractivity contribution in [2.75, 3.05) is 17.6 Å². The van der Waals surface area contributed by atoms with Gasteiger partial charge in [0.2, 0.25) is 0 Å². The second-order valence-corrected chi connectivity index (χ2v) is 6.16. The fourth-order valence-electron chi connectivity index (χ4n) is 1.73. The van der Waals surface area contributed by atoms with Crippen LogP contribution in [0, 0.1) is 12.7 Å². The molecule has 2 aromatic rings. The second-order valence-electron chi connectivity index (χ2n) is 4.47. The molecule has 0 bridgehead atoms. The van der Waals surface area contributed by atoms with Crippen molar-refractivity contribution in [3.05, 3.63) is 47.8 Å². The molecule has 0 aliphatic carbocycles. The van der Waals surface area contributed by atoms with Gasteiger partial charge in [0.1, 0.15) is 0 Å². The van der Waals surface area contributed by atoms with Gasteiger partial charge in [0.25, 0.3) is 10.0 Å². The van der Waals surface area contributed by atoms with E-state index in [1.807, 2.05) is 6.92 Å². The first-order valence-corrected chi connectivity index (χ1v) is 7.54. The summed E-state index contributed by atoms with van der Waals surface area (Å²) in [6, 6.07) is 8.21. The summed E-state index contributed by atoms with van der Waals surface area (Å²) in [6.45, 7) is 1.81. The van der Waals surface area contributed by atoms with Crippen molar-refractivity contribution in [2.45, 2.75) is 11.8 Å². The highest BCUT2D eigenvalue weighted by atomic mass is 32.2. The number of halogens is 1. The molecule has 0 atom stereocenters. The van der Waals surface area contributed by atoms with Crippen LogP contribution in [-0.2, 0) is 10.0 Å².